The van der Waals surface area contributed by atoms with Crippen molar-refractivity contribution < 1.29 is 22.7 Å². The van der Waals surface area contributed by atoms with Gasteiger partial charge in [0, 0.05) is 29.9 Å². The SMILES string of the molecule is O=C(NCc1ccc(Cl)cc1)NC1CCC(Oc2ccc(C(F)(F)F)cn2)CC1. The fraction of sp³-hybridized carbons (Fsp3) is 0.400. The zero-order chi connectivity index (χ0) is 20.9. The maximum Gasteiger partial charge on any atom is 0.417 e. The van der Waals surface area contributed by atoms with Crippen molar-refractivity contribution in [2.45, 2.75) is 50.6 Å². The second-order valence-corrected chi connectivity index (χ2v) is 7.36. The summed E-state index contributed by atoms with van der Waals surface area (Å²) in [6.45, 7) is 0.404. The van der Waals surface area contributed by atoms with E-state index in [1.165, 1.54) is 6.07 Å². The molecule has 0 spiro atoms. The van der Waals surface area contributed by atoms with Crippen LogP contribution in [0.1, 0.15) is 36.8 Å². The number of carbonyl (C=O) groups is 1. The van der Waals surface area contributed by atoms with E-state index >= 15 is 0 Å². The van der Waals surface area contributed by atoms with Gasteiger partial charge in [0.05, 0.1) is 5.56 Å². The third-order valence-corrected chi connectivity index (χ3v) is 4.98. The Morgan fingerprint density at radius 1 is 1.10 bits per heavy atom. The number of nitrogens with zero attached hydrogens (tertiary/aromatic N) is 1. The van der Waals surface area contributed by atoms with Gasteiger partial charge in [0.1, 0.15) is 6.10 Å². The minimum Gasteiger partial charge on any atom is -0.474 e. The second-order valence-electron chi connectivity index (χ2n) is 6.93. The number of nitrogens with one attached hydrogen (secondary N) is 2. The first kappa shape index (κ1) is 21.2. The molecule has 1 heterocycles. The lowest BCUT2D eigenvalue weighted by Gasteiger charge is -2.29. The zero-order valence-corrected chi connectivity index (χ0v) is 16.3. The van der Waals surface area contributed by atoms with Gasteiger partial charge in [0.15, 0.2) is 0 Å². The highest BCUT2D eigenvalue weighted by Crippen LogP contribution is 2.30. The second kappa shape index (κ2) is 9.35. The van der Waals surface area contributed by atoms with Gasteiger partial charge in [-0.1, -0.05) is 23.7 Å². The van der Waals surface area contributed by atoms with Gasteiger partial charge in [-0.25, -0.2) is 9.78 Å². The number of hydrogen-bond donors (Lipinski definition) is 2. The predicted molar refractivity (Wildman–Crippen MR) is 103 cm³/mol. The maximum absolute atomic E-state index is 12.6. The summed E-state index contributed by atoms with van der Waals surface area (Å²) in [7, 11) is 0. The fourth-order valence-corrected chi connectivity index (χ4v) is 3.26. The number of pyridine rings is 1. The highest BCUT2D eigenvalue weighted by molar-refractivity contribution is 6.30. The van der Waals surface area contributed by atoms with E-state index in [1.807, 2.05) is 12.1 Å². The quantitative estimate of drug-likeness (QED) is 0.710. The average molecular weight is 428 g/mol. The number of hydrogen-bond acceptors (Lipinski definition) is 3. The van der Waals surface area contributed by atoms with Gasteiger partial charge in [-0.15, -0.1) is 0 Å². The predicted octanol–water partition coefficient (Wildman–Crippen LogP) is 4.94. The van der Waals surface area contributed by atoms with Crippen LogP contribution in [0.2, 0.25) is 5.02 Å². The fourth-order valence-electron chi connectivity index (χ4n) is 3.13. The smallest absolute Gasteiger partial charge is 0.417 e. The maximum atomic E-state index is 12.6. The number of halogens is 4. The molecule has 29 heavy (non-hydrogen) atoms. The van der Waals surface area contributed by atoms with E-state index in [9.17, 15) is 18.0 Å². The molecule has 0 bridgehead atoms. The number of urea groups is 1. The molecule has 9 heteroatoms. The summed E-state index contributed by atoms with van der Waals surface area (Å²) in [5, 5.41) is 6.39. The van der Waals surface area contributed by atoms with Crippen molar-refractivity contribution in [3.05, 3.63) is 58.7 Å². The molecule has 1 aromatic heterocycles. The minimum atomic E-state index is -4.41. The molecule has 1 aromatic carbocycles. The Bertz CT molecular complexity index is 805. The van der Waals surface area contributed by atoms with E-state index in [-0.39, 0.29) is 24.1 Å². The number of carbonyl (C=O) groups excluding carboxylic acids is 1. The topological polar surface area (TPSA) is 63.2 Å². The van der Waals surface area contributed by atoms with Gasteiger partial charge in [0.25, 0.3) is 0 Å². The molecule has 1 aliphatic rings. The van der Waals surface area contributed by atoms with Gasteiger partial charge in [-0.2, -0.15) is 13.2 Å². The van der Waals surface area contributed by atoms with Crippen LogP contribution in [0.15, 0.2) is 42.6 Å². The van der Waals surface area contributed by atoms with Crippen molar-refractivity contribution in [3.63, 3.8) is 0 Å². The molecule has 0 aliphatic heterocycles. The van der Waals surface area contributed by atoms with Crippen molar-refractivity contribution in [1.82, 2.24) is 15.6 Å². The molecular formula is C20H21ClF3N3O2. The van der Waals surface area contributed by atoms with Crippen LogP contribution in [-0.2, 0) is 12.7 Å². The highest BCUT2D eigenvalue weighted by Gasteiger charge is 2.31. The van der Waals surface area contributed by atoms with E-state index in [1.54, 1.807) is 12.1 Å². The number of aromatic nitrogens is 1. The summed E-state index contributed by atoms with van der Waals surface area (Å²) < 4.78 is 43.4. The largest absolute Gasteiger partial charge is 0.474 e. The van der Waals surface area contributed by atoms with Gasteiger partial charge >= 0.3 is 12.2 Å². The Labute approximate surface area is 171 Å². The summed E-state index contributed by atoms with van der Waals surface area (Å²) in [6, 6.07) is 9.21. The summed E-state index contributed by atoms with van der Waals surface area (Å²) in [5.41, 5.74) is 0.146. The highest BCUT2D eigenvalue weighted by atomic mass is 35.5. The van der Waals surface area contributed by atoms with Crippen LogP contribution in [0.25, 0.3) is 0 Å². The number of alkyl halides is 3. The molecule has 0 saturated heterocycles. The zero-order valence-electron chi connectivity index (χ0n) is 15.5. The first-order valence-electron chi connectivity index (χ1n) is 9.28. The van der Waals surface area contributed by atoms with Crippen molar-refractivity contribution in [2.75, 3.05) is 0 Å². The van der Waals surface area contributed by atoms with E-state index in [0.717, 1.165) is 30.7 Å². The summed E-state index contributed by atoms with van der Waals surface area (Å²) >= 11 is 5.83. The monoisotopic (exact) mass is 427 g/mol. The van der Waals surface area contributed by atoms with E-state index in [2.05, 4.69) is 15.6 Å². The Kier molecular flexibility index (Phi) is 6.84. The lowest BCUT2D eigenvalue weighted by atomic mass is 9.93. The van der Waals surface area contributed by atoms with Crippen LogP contribution < -0.4 is 15.4 Å². The van der Waals surface area contributed by atoms with Crippen molar-refractivity contribution in [2.24, 2.45) is 0 Å². The Morgan fingerprint density at radius 2 is 1.79 bits per heavy atom. The molecule has 0 radical (unpaired) electrons. The Morgan fingerprint density at radius 3 is 2.38 bits per heavy atom. The van der Waals surface area contributed by atoms with E-state index in [0.29, 0.717) is 24.4 Å². The summed E-state index contributed by atoms with van der Waals surface area (Å²) in [5.74, 6) is 0.176. The molecule has 5 nitrogen and oxygen atoms in total. The summed E-state index contributed by atoms with van der Waals surface area (Å²) in [6.07, 6.45) is -0.958. The van der Waals surface area contributed by atoms with Crippen LogP contribution in [0.3, 0.4) is 0 Å². The lowest BCUT2D eigenvalue weighted by molar-refractivity contribution is -0.137. The third-order valence-electron chi connectivity index (χ3n) is 4.73. The van der Waals surface area contributed by atoms with E-state index < -0.39 is 11.7 Å². The van der Waals surface area contributed by atoms with Gasteiger partial charge in [-0.3, -0.25) is 0 Å². The molecule has 2 amide bonds. The standard InChI is InChI=1S/C20H21ClF3N3O2/c21-15-4-1-13(2-5-15)11-26-19(28)27-16-6-8-17(9-7-16)29-18-10-3-14(12-25-18)20(22,23)24/h1-5,10,12,16-17H,6-9,11H2,(H2,26,27,28). The van der Waals surface area contributed by atoms with Gasteiger partial charge < -0.3 is 15.4 Å². The molecule has 1 saturated carbocycles. The molecule has 3 rings (SSSR count). The molecule has 2 N–H and O–H groups in total. The normalized spacial score (nSPS) is 19.4. The molecule has 2 aromatic rings. The summed E-state index contributed by atoms with van der Waals surface area (Å²) in [4.78, 5) is 15.8. The number of amides is 2. The Hall–Kier alpha value is -2.48. The van der Waals surface area contributed by atoms with E-state index in [4.69, 9.17) is 16.3 Å². The first-order valence-corrected chi connectivity index (χ1v) is 9.66. The van der Waals surface area contributed by atoms with Crippen LogP contribution in [-0.4, -0.2) is 23.2 Å². The molecule has 156 valence electrons. The molecule has 1 aliphatic carbocycles. The molecule has 1 fully saturated rings. The van der Waals surface area contributed by atoms with Crippen LogP contribution in [0.4, 0.5) is 18.0 Å². The van der Waals surface area contributed by atoms with Crippen LogP contribution >= 0.6 is 11.6 Å². The molecule has 0 unspecified atom stereocenters. The first-order chi connectivity index (χ1) is 13.8. The number of rotatable bonds is 5. The van der Waals surface area contributed by atoms with Gasteiger partial charge in [0.2, 0.25) is 5.88 Å². The van der Waals surface area contributed by atoms with Crippen LogP contribution in [0, 0.1) is 0 Å². The third kappa shape index (κ3) is 6.52. The lowest BCUT2D eigenvalue weighted by Crippen LogP contribution is -2.44. The minimum absolute atomic E-state index is 0.0284. The van der Waals surface area contributed by atoms with Crippen molar-refractivity contribution in [3.8, 4) is 5.88 Å². The number of ether oxygens (including phenoxy) is 1. The molecular weight excluding hydrogens is 407 g/mol. The van der Waals surface area contributed by atoms with Gasteiger partial charge in [-0.05, 0) is 49.4 Å². The van der Waals surface area contributed by atoms with Crippen LogP contribution in [0.5, 0.6) is 5.88 Å². The van der Waals surface area contributed by atoms with Crippen molar-refractivity contribution >= 4 is 17.6 Å². The average Bonchev–Trinajstić information content (AvgIpc) is 2.69. The number of benzene rings is 1. The van der Waals surface area contributed by atoms with Crippen molar-refractivity contribution in [1.29, 1.82) is 0 Å². The molecule has 0 atom stereocenters. The Balaban J connectivity index is 1.38.